The van der Waals surface area contributed by atoms with Gasteiger partial charge in [-0.2, -0.15) is 0 Å². The summed E-state index contributed by atoms with van der Waals surface area (Å²) < 4.78 is 11.7. The van der Waals surface area contributed by atoms with Gasteiger partial charge >= 0.3 is 0 Å². The largest absolute Gasteiger partial charge is 0.493 e. The van der Waals surface area contributed by atoms with Crippen LogP contribution in [0, 0.1) is 20.2 Å². The Balaban J connectivity index is 1.21. The van der Waals surface area contributed by atoms with Crippen LogP contribution >= 0.6 is 0 Å². The van der Waals surface area contributed by atoms with Gasteiger partial charge in [-0.25, -0.2) is 0 Å². The highest BCUT2D eigenvalue weighted by molar-refractivity contribution is 6.06. The number of ether oxygens (including phenoxy) is 2. The average molecular weight is 585 g/mol. The van der Waals surface area contributed by atoms with Crippen molar-refractivity contribution in [1.82, 2.24) is 0 Å². The zero-order valence-electron chi connectivity index (χ0n) is 22.9. The van der Waals surface area contributed by atoms with Gasteiger partial charge in [-0.1, -0.05) is 24.3 Å². The molecule has 0 bridgehead atoms. The number of amides is 2. The van der Waals surface area contributed by atoms with Crippen LogP contribution in [0.4, 0.5) is 22.7 Å². The summed E-state index contributed by atoms with van der Waals surface area (Å²) in [4.78, 5) is 46.2. The van der Waals surface area contributed by atoms with E-state index in [4.69, 9.17) is 9.47 Å². The van der Waals surface area contributed by atoms with Gasteiger partial charge in [0.1, 0.15) is 11.5 Å². The highest BCUT2D eigenvalue weighted by atomic mass is 16.6. The van der Waals surface area contributed by atoms with Crippen LogP contribution < -0.4 is 20.1 Å². The lowest BCUT2D eigenvalue weighted by Gasteiger charge is -2.13. The number of nitrogens with zero attached hydrogens (tertiary/aromatic N) is 2. The van der Waals surface area contributed by atoms with Crippen molar-refractivity contribution in [2.75, 3.05) is 23.8 Å². The maximum atomic E-state index is 12.8. The molecule has 0 aliphatic carbocycles. The summed E-state index contributed by atoms with van der Waals surface area (Å²) in [5, 5.41) is 27.1. The average Bonchev–Trinajstić information content (AvgIpc) is 3.01. The third-order valence-electron chi connectivity index (χ3n) is 6.24. The van der Waals surface area contributed by atoms with Gasteiger partial charge in [0.2, 0.25) is 0 Å². The molecule has 4 rings (SSSR count). The van der Waals surface area contributed by atoms with Crippen molar-refractivity contribution in [1.29, 1.82) is 0 Å². The second-order valence-corrected chi connectivity index (χ2v) is 9.27. The van der Waals surface area contributed by atoms with Gasteiger partial charge in [-0.3, -0.25) is 29.8 Å². The molecule has 0 fully saturated rings. The summed E-state index contributed by atoms with van der Waals surface area (Å²) in [6.45, 7) is 0.742. The number of carbonyl (C=O) groups is 2. The van der Waals surface area contributed by atoms with E-state index >= 15 is 0 Å². The number of hydrogen-bond acceptors (Lipinski definition) is 8. The number of nitro benzene ring substituents is 2. The van der Waals surface area contributed by atoms with Crippen molar-refractivity contribution >= 4 is 34.6 Å². The summed E-state index contributed by atoms with van der Waals surface area (Å²) in [5.41, 5.74) is 1.40. The molecule has 4 aromatic rings. The number of nitrogens with one attached hydrogen (secondary N) is 2. The van der Waals surface area contributed by atoms with Crippen molar-refractivity contribution in [2.24, 2.45) is 0 Å². The maximum absolute atomic E-state index is 12.8. The molecule has 43 heavy (non-hydrogen) atoms. The minimum atomic E-state index is -0.509. The molecular weight excluding hydrogens is 556 g/mol. The van der Waals surface area contributed by atoms with Gasteiger partial charge in [0.05, 0.1) is 34.2 Å². The van der Waals surface area contributed by atoms with Gasteiger partial charge in [0.15, 0.2) is 0 Å². The summed E-state index contributed by atoms with van der Waals surface area (Å²) >= 11 is 0. The topological polar surface area (TPSA) is 163 Å². The Morgan fingerprint density at radius 1 is 0.558 bits per heavy atom. The Morgan fingerprint density at radius 2 is 0.930 bits per heavy atom. The van der Waals surface area contributed by atoms with Crippen LogP contribution in [-0.2, 0) is 0 Å². The summed E-state index contributed by atoms with van der Waals surface area (Å²) in [6, 6.07) is 24.8. The van der Waals surface area contributed by atoms with Crippen LogP contribution in [0.15, 0.2) is 97.1 Å². The molecule has 0 aliphatic heterocycles. The number of rotatable bonds is 14. The predicted octanol–water partition coefficient (Wildman–Crippen LogP) is 6.64. The Kier molecular flexibility index (Phi) is 10.3. The molecule has 4 aromatic carbocycles. The molecule has 0 aliphatic rings. The molecule has 220 valence electrons. The van der Waals surface area contributed by atoms with Gasteiger partial charge in [-0.15, -0.1) is 0 Å². The second-order valence-electron chi connectivity index (χ2n) is 9.27. The number of hydrogen-bond donors (Lipinski definition) is 2. The van der Waals surface area contributed by atoms with Crippen molar-refractivity contribution in [3.8, 4) is 11.5 Å². The van der Waals surface area contributed by atoms with Crippen molar-refractivity contribution in [3.63, 3.8) is 0 Å². The van der Waals surface area contributed by atoms with Crippen LogP contribution in [0.25, 0.3) is 0 Å². The van der Waals surface area contributed by atoms with E-state index in [9.17, 15) is 29.8 Å². The second kappa shape index (κ2) is 14.7. The Bertz CT molecular complexity index is 1470. The molecule has 0 saturated heterocycles. The first kappa shape index (κ1) is 30.2. The molecule has 12 heteroatoms. The van der Waals surface area contributed by atoms with E-state index < -0.39 is 21.7 Å². The van der Waals surface area contributed by atoms with E-state index in [-0.39, 0.29) is 11.4 Å². The predicted molar refractivity (Wildman–Crippen MR) is 160 cm³/mol. The zero-order valence-corrected chi connectivity index (χ0v) is 22.9. The maximum Gasteiger partial charge on any atom is 0.269 e. The van der Waals surface area contributed by atoms with E-state index in [0.29, 0.717) is 60.1 Å². The molecule has 0 heterocycles. The fraction of sp³-hybridized carbons (Fsp3) is 0.161. The fourth-order valence-electron chi connectivity index (χ4n) is 4.04. The molecule has 12 nitrogen and oxygen atoms in total. The zero-order chi connectivity index (χ0) is 30.6. The van der Waals surface area contributed by atoms with Crippen LogP contribution in [0.3, 0.4) is 0 Å². The number of nitro groups is 2. The van der Waals surface area contributed by atoms with E-state index in [0.717, 1.165) is 6.42 Å². The molecule has 0 saturated carbocycles. The van der Waals surface area contributed by atoms with E-state index in [2.05, 4.69) is 10.6 Å². The van der Waals surface area contributed by atoms with Gasteiger partial charge in [-0.05, 0) is 67.8 Å². The number of benzene rings is 4. The van der Waals surface area contributed by atoms with Gasteiger partial charge < -0.3 is 20.1 Å². The lowest BCUT2D eigenvalue weighted by molar-refractivity contribution is -0.385. The highest BCUT2D eigenvalue weighted by Crippen LogP contribution is 2.23. The first-order valence-corrected chi connectivity index (χ1v) is 13.4. The Hall–Kier alpha value is -5.78. The monoisotopic (exact) mass is 584 g/mol. The summed E-state index contributed by atoms with van der Waals surface area (Å²) in [6.07, 6.45) is 2.17. The smallest absolute Gasteiger partial charge is 0.269 e. The van der Waals surface area contributed by atoms with Gasteiger partial charge in [0.25, 0.3) is 23.2 Å². The first-order chi connectivity index (χ1) is 20.8. The molecule has 2 N–H and O–H groups in total. The first-order valence-electron chi connectivity index (χ1n) is 13.4. The highest BCUT2D eigenvalue weighted by Gasteiger charge is 2.15. The number of non-ortho nitro benzene ring substituents is 2. The molecule has 0 aromatic heterocycles. The van der Waals surface area contributed by atoms with Crippen molar-refractivity contribution in [2.45, 2.75) is 19.3 Å². The fourth-order valence-corrected chi connectivity index (χ4v) is 4.04. The minimum Gasteiger partial charge on any atom is -0.493 e. The standard InChI is InChI=1S/C31H28N4O8/c36-30(32-22-12-16-24(17-13-22)34(38)39)26-8-2-4-10-28(26)42-20-6-1-7-21-43-29-11-5-3-9-27(29)31(37)33-23-14-18-25(19-15-23)35(40)41/h2-5,8-19H,1,6-7,20-21H2,(H,32,36)(H,33,37). The normalized spacial score (nSPS) is 10.4. The minimum absolute atomic E-state index is 0.0680. The molecule has 0 spiro atoms. The SMILES string of the molecule is O=C(Nc1ccc([N+](=O)[O-])cc1)c1ccccc1OCCCCCOc1ccccc1C(=O)Nc1ccc([N+](=O)[O-])cc1. The number of para-hydroxylation sites is 2. The van der Waals surface area contributed by atoms with Crippen LogP contribution in [0.5, 0.6) is 11.5 Å². The Labute approximate surface area is 246 Å². The van der Waals surface area contributed by atoms with Gasteiger partial charge in [0, 0.05) is 35.6 Å². The third kappa shape index (κ3) is 8.60. The number of unbranched alkanes of at least 4 members (excludes halogenated alkanes) is 2. The lowest BCUT2D eigenvalue weighted by Crippen LogP contribution is -2.14. The summed E-state index contributed by atoms with van der Waals surface area (Å²) in [5.74, 6) is 0.0560. The van der Waals surface area contributed by atoms with E-state index in [1.807, 2.05) is 0 Å². The van der Waals surface area contributed by atoms with Crippen molar-refractivity contribution < 1.29 is 28.9 Å². The number of anilines is 2. The third-order valence-corrected chi connectivity index (χ3v) is 6.24. The van der Waals surface area contributed by atoms with Crippen molar-refractivity contribution in [3.05, 3.63) is 128 Å². The molecule has 0 radical (unpaired) electrons. The lowest BCUT2D eigenvalue weighted by atomic mass is 10.1. The van der Waals surface area contributed by atoms with Crippen LogP contribution in [-0.4, -0.2) is 34.9 Å². The molecule has 0 atom stereocenters. The van der Waals surface area contributed by atoms with E-state index in [1.54, 1.807) is 48.5 Å². The number of carbonyl (C=O) groups excluding carboxylic acids is 2. The molecule has 2 amide bonds. The summed E-state index contributed by atoms with van der Waals surface area (Å²) in [7, 11) is 0. The Morgan fingerprint density at radius 3 is 1.30 bits per heavy atom. The molecular formula is C31H28N4O8. The molecule has 0 unspecified atom stereocenters. The van der Waals surface area contributed by atoms with Crippen LogP contribution in [0.2, 0.25) is 0 Å². The van der Waals surface area contributed by atoms with Crippen LogP contribution in [0.1, 0.15) is 40.0 Å². The quantitative estimate of drug-likeness (QED) is 0.0947. The van der Waals surface area contributed by atoms with E-state index in [1.165, 1.54) is 48.5 Å².